The molecule has 0 bridgehead atoms. The number of rotatable bonds is 9. The Morgan fingerprint density at radius 3 is 2.50 bits per heavy atom. The highest BCUT2D eigenvalue weighted by Gasteiger charge is 2.18. The van der Waals surface area contributed by atoms with E-state index in [1.54, 1.807) is 0 Å². The number of urea groups is 1. The first kappa shape index (κ1) is 18.0. The van der Waals surface area contributed by atoms with Gasteiger partial charge in [-0.05, 0) is 31.7 Å². The van der Waals surface area contributed by atoms with E-state index in [0.29, 0.717) is 19.5 Å². The average molecular weight is 305 g/mol. The molecule has 1 rings (SSSR count). The summed E-state index contributed by atoms with van der Waals surface area (Å²) in [6.45, 7) is 5.33. The van der Waals surface area contributed by atoms with Gasteiger partial charge in [-0.2, -0.15) is 0 Å². The summed E-state index contributed by atoms with van der Waals surface area (Å²) < 4.78 is 0. The van der Waals surface area contributed by atoms with Crippen molar-refractivity contribution < 1.29 is 9.59 Å². The number of nitrogens with two attached hydrogens (primary N) is 1. The van der Waals surface area contributed by atoms with Crippen LogP contribution in [0, 0.1) is 0 Å². The number of nitrogens with zero attached hydrogens (tertiary/aromatic N) is 1. The number of hydrogen-bond donors (Lipinski definition) is 2. The first-order valence-corrected chi connectivity index (χ1v) is 7.91. The number of hydrogen-bond acceptors (Lipinski definition) is 2. The lowest BCUT2D eigenvalue weighted by atomic mass is 10.1. The van der Waals surface area contributed by atoms with Crippen molar-refractivity contribution in [1.29, 1.82) is 0 Å². The Morgan fingerprint density at radius 1 is 1.23 bits per heavy atom. The molecule has 0 radical (unpaired) electrons. The Hall–Kier alpha value is -2.04. The minimum Gasteiger partial charge on any atom is -0.352 e. The van der Waals surface area contributed by atoms with Crippen molar-refractivity contribution in [3.63, 3.8) is 0 Å². The number of amides is 3. The topological polar surface area (TPSA) is 75.4 Å². The van der Waals surface area contributed by atoms with Crippen LogP contribution >= 0.6 is 0 Å². The Kier molecular flexibility index (Phi) is 8.04. The predicted molar refractivity (Wildman–Crippen MR) is 88.2 cm³/mol. The Morgan fingerprint density at radius 2 is 1.91 bits per heavy atom. The lowest BCUT2D eigenvalue weighted by Gasteiger charge is -2.29. The lowest BCUT2D eigenvalue weighted by Crippen LogP contribution is -2.37. The van der Waals surface area contributed by atoms with Crippen LogP contribution in [0.3, 0.4) is 0 Å². The zero-order chi connectivity index (χ0) is 16.4. The maximum Gasteiger partial charge on any atom is 0.312 e. The largest absolute Gasteiger partial charge is 0.352 e. The van der Waals surface area contributed by atoms with Crippen molar-refractivity contribution in [2.45, 2.75) is 52.1 Å². The second-order valence-corrected chi connectivity index (χ2v) is 5.51. The minimum absolute atomic E-state index is 0.164. The molecule has 5 nitrogen and oxygen atoms in total. The summed E-state index contributed by atoms with van der Waals surface area (Å²) in [4.78, 5) is 25.0. The smallest absolute Gasteiger partial charge is 0.312 e. The third-order valence-corrected chi connectivity index (χ3v) is 3.76. The molecule has 122 valence electrons. The Balaban J connectivity index is 2.49. The monoisotopic (exact) mass is 305 g/mol. The van der Waals surface area contributed by atoms with E-state index in [-0.39, 0.29) is 11.9 Å². The van der Waals surface area contributed by atoms with Crippen molar-refractivity contribution in [1.82, 2.24) is 10.2 Å². The minimum atomic E-state index is -0.517. The van der Waals surface area contributed by atoms with Crippen molar-refractivity contribution in [3.8, 4) is 0 Å². The van der Waals surface area contributed by atoms with Crippen LogP contribution in [0.15, 0.2) is 30.3 Å². The fraction of sp³-hybridized carbons (Fsp3) is 0.529. The SMILES string of the molecule is CCC(C)N(Cc1ccccc1)C(=O)CCCCNC(N)=O. The number of nitrogens with one attached hydrogen (secondary N) is 1. The van der Waals surface area contributed by atoms with Crippen molar-refractivity contribution in [3.05, 3.63) is 35.9 Å². The number of unbranched alkanes of at least 4 members (excludes halogenated alkanes) is 1. The highest BCUT2D eigenvalue weighted by molar-refractivity contribution is 5.76. The molecule has 0 aromatic heterocycles. The van der Waals surface area contributed by atoms with Crippen molar-refractivity contribution in [2.75, 3.05) is 6.54 Å². The zero-order valence-corrected chi connectivity index (χ0v) is 13.5. The van der Waals surface area contributed by atoms with Gasteiger partial charge in [0, 0.05) is 25.6 Å². The lowest BCUT2D eigenvalue weighted by molar-refractivity contribution is -0.134. The summed E-state index contributed by atoms with van der Waals surface area (Å²) in [5.41, 5.74) is 6.15. The van der Waals surface area contributed by atoms with Crippen LogP contribution in [0.25, 0.3) is 0 Å². The molecule has 0 saturated heterocycles. The number of primary amides is 1. The van der Waals surface area contributed by atoms with Crippen LogP contribution in [0.1, 0.15) is 45.1 Å². The van der Waals surface area contributed by atoms with E-state index in [2.05, 4.69) is 19.2 Å². The second kappa shape index (κ2) is 9.82. The zero-order valence-electron chi connectivity index (χ0n) is 13.5. The molecule has 0 aliphatic rings. The number of benzene rings is 1. The van der Waals surface area contributed by atoms with Gasteiger partial charge in [0.15, 0.2) is 0 Å². The molecule has 1 aromatic carbocycles. The first-order chi connectivity index (χ1) is 10.5. The van der Waals surface area contributed by atoms with E-state index < -0.39 is 6.03 Å². The molecule has 5 heteroatoms. The highest BCUT2D eigenvalue weighted by Crippen LogP contribution is 2.13. The van der Waals surface area contributed by atoms with Gasteiger partial charge in [-0.25, -0.2) is 4.79 Å². The normalized spacial score (nSPS) is 11.7. The predicted octanol–water partition coefficient (Wildman–Crippen LogP) is 2.65. The van der Waals surface area contributed by atoms with Crippen LogP contribution in [0.5, 0.6) is 0 Å². The quantitative estimate of drug-likeness (QED) is 0.688. The van der Waals surface area contributed by atoms with Crippen LogP contribution in [-0.4, -0.2) is 29.4 Å². The molecular formula is C17H27N3O2. The molecule has 0 fully saturated rings. The summed E-state index contributed by atoms with van der Waals surface area (Å²) in [5, 5.41) is 2.54. The fourth-order valence-corrected chi connectivity index (χ4v) is 2.25. The van der Waals surface area contributed by atoms with Crippen LogP contribution in [0.2, 0.25) is 0 Å². The van der Waals surface area contributed by atoms with Crippen LogP contribution in [0.4, 0.5) is 4.79 Å². The second-order valence-electron chi connectivity index (χ2n) is 5.51. The molecule has 3 amide bonds. The van der Waals surface area contributed by atoms with Gasteiger partial charge in [0.2, 0.25) is 5.91 Å². The molecule has 0 aliphatic carbocycles. The maximum absolute atomic E-state index is 12.5. The van der Waals surface area contributed by atoms with Gasteiger partial charge in [0.1, 0.15) is 0 Å². The molecule has 1 unspecified atom stereocenters. The molecule has 0 saturated carbocycles. The van der Waals surface area contributed by atoms with Crippen molar-refractivity contribution in [2.24, 2.45) is 5.73 Å². The molecule has 1 atom stereocenters. The Bertz CT molecular complexity index is 462. The van der Waals surface area contributed by atoms with E-state index in [1.165, 1.54) is 0 Å². The van der Waals surface area contributed by atoms with E-state index in [9.17, 15) is 9.59 Å². The summed E-state index contributed by atoms with van der Waals surface area (Å²) in [7, 11) is 0. The molecular weight excluding hydrogens is 278 g/mol. The summed E-state index contributed by atoms with van der Waals surface area (Å²) in [5.74, 6) is 0.164. The first-order valence-electron chi connectivity index (χ1n) is 7.91. The van der Waals surface area contributed by atoms with Gasteiger partial charge in [0.05, 0.1) is 0 Å². The standard InChI is InChI=1S/C17H27N3O2/c1-3-14(2)20(13-15-9-5-4-6-10-15)16(21)11-7-8-12-19-17(18)22/h4-6,9-10,14H,3,7-8,11-13H2,1-2H3,(H3,18,19,22). The maximum atomic E-state index is 12.5. The molecule has 22 heavy (non-hydrogen) atoms. The van der Waals surface area contributed by atoms with Crippen LogP contribution in [-0.2, 0) is 11.3 Å². The van der Waals surface area contributed by atoms with Crippen molar-refractivity contribution >= 4 is 11.9 Å². The van der Waals surface area contributed by atoms with Gasteiger partial charge in [-0.15, -0.1) is 0 Å². The number of carbonyl (C=O) groups is 2. The van der Waals surface area contributed by atoms with Gasteiger partial charge in [-0.1, -0.05) is 37.3 Å². The van der Waals surface area contributed by atoms with E-state index >= 15 is 0 Å². The third kappa shape index (κ3) is 6.61. The van der Waals surface area contributed by atoms with Gasteiger partial charge in [0.25, 0.3) is 0 Å². The van der Waals surface area contributed by atoms with Gasteiger partial charge >= 0.3 is 6.03 Å². The average Bonchev–Trinajstić information content (AvgIpc) is 2.52. The molecule has 0 heterocycles. The van der Waals surface area contributed by atoms with E-state index in [4.69, 9.17) is 5.73 Å². The molecule has 3 N–H and O–H groups in total. The Labute approximate surface area is 132 Å². The van der Waals surface area contributed by atoms with E-state index in [1.807, 2.05) is 35.2 Å². The summed E-state index contributed by atoms with van der Waals surface area (Å²) in [6, 6.07) is 9.74. The summed E-state index contributed by atoms with van der Waals surface area (Å²) >= 11 is 0. The number of carbonyl (C=O) groups excluding carboxylic acids is 2. The van der Waals surface area contributed by atoms with E-state index in [0.717, 1.165) is 24.8 Å². The van der Waals surface area contributed by atoms with Gasteiger partial charge in [-0.3, -0.25) is 4.79 Å². The molecule has 0 spiro atoms. The van der Waals surface area contributed by atoms with Crippen LogP contribution < -0.4 is 11.1 Å². The fourth-order valence-electron chi connectivity index (χ4n) is 2.25. The molecule has 1 aromatic rings. The molecule has 0 aliphatic heterocycles. The third-order valence-electron chi connectivity index (χ3n) is 3.76. The van der Waals surface area contributed by atoms with Gasteiger partial charge < -0.3 is 16.0 Å². The highest BCUT2D eigenvalue weighted by atomic mass is 16.2. The summed E-state index contributed by atoms with van der Waals surface area (Å²) in [6.07, 6.45) is 2.94.